The van der Waals surface area contributed by atoms with Crippen molar-refractivity contribution in [2.75, 3.05) is 6.61 Å². The third-order valence-corrected chi connectivity index (χ3v) is 3.17. The van der Waals surface area contributed by atoms with E-state index in [0.29, 0.717) is 24.6 Å². The molecule has 0 aliphatic heterocycles. The number of carbonyl (C=O) groups is 1. The highest BCUT2D eigenvalue weighted by Gasteiger charge is 2.24. The quantitative estimate of drug-likeness (QED) is 0.398. The van der Waals surface area contributed by atoms with Gasteiger partial charge < -0.3 is 5.32 Å². The number of hydrogen-bond donors (Lipinski definition) is 2. The Morgan fingerprint density at radius 1 is 1.55 bits per heavy atom. The summed E-state index contributed by atoms with van der Waals surface area (Å²) in [5, 5.41) is 6.91. The maximum atomic E-state index is 11.7. The Labute approximate surface area is 116 Å². The highest BCUT2D eigenvalue weighted by atomic mass is 32.3. The number of nitrogens with zero attached hydrogens (tertiary/aromatic N) is 2. The Balaban J connectivity index is 1.77. The molecule has 9 heteroatoms. The fourth-order valence-electron chi connectivity index (χ4n) is 1.54. The summed E-state index contributed by atoms with van der Waals surface area (Å²) in [5.74, 6) is -0.137. The van der Waals surface area contributed by atoms with E-state index in [1.54, 1.807) is 16.9 Å². The summed E-state index contributed by atoms with van der Waals surface area (Å²) in [7, 11) is -4.38. The normalized spacial score (nSPS) is 15.1. The number of hydrogen-bond acceptors (Lipinski definition) is 5. The van der Waals surface area contributed by atoms with Crippen molar-refractivity contribution in [3.8, 4) is 0 Å². The molecular weight excluding hydrogens is 286 g/mol. The van der Waals surface area contributed by atoms with Gasteiger partial charge >= 0.3 is 10.4 Å². The molecule has 1 aliphatic rings. The van der Waals surface area contributed by atoms with Gasteiger partial charge in [-0.3, -0.25) is 9.35 Å². The fourth-order valence-corrected chi connectivity index (χ4v) is 1.87. The topological polar surface area (TPSA) is 109 Å². The van der Waals surface area contributed by atoms with Crippen molar-refractivity contribution in [2.45, 2.75) is 31.8 Å². The van der Waals surface area contributed by atoms with Crippen molar-refractivity contribution < 1.29 is 26.6 Å². The van der Waals surface area contributed by atoms with Gasteiger partial charge in [-0.2, -0.15) is 8.42 Å². The van der Waals surface area contributed by atoms with Crippen molar-refractivity contribution in [2.24, 2.45) is 0 Å². The first-order valence-electron chi connectivity index (χ1n) is 6.22. The molecule has 8 nitrogen and oxygen atoms in total. The molecular formula is C11H16N3O5S+. The lowest BCUT2D eigenvalue weighted by molar-refractivity contribution is -0.754. The zero-order valence-corrected chi connectivity index (χ0v) is 11.5. The SMILES string of the molecule is O=C(NC1CC1)c1cc[n+](CCCOS(=O)(=O)O)nc1. The Bertz CT molecular complexity index is 568. The second kappa shape index (κ2) is 6.25. The Morgan fingerprint density at radius 2 is 2.30 bits per heavy atom. The van der Waals surface area contributed by atoms with Crippen LogP contribution in [0.1, 0.15) is 29.6 Å². The van der Waals surface area contributed by atoms with Gasteiger partial charge in [-0.05, 0) is 17.9 Å². The van der Waals surface area contributed by atoms with Crippen LogP contribution in [0.25, 0.3) is 0 Å². The second-order valence-electron chi connectivity index (χ2n) is 4.53. The fraction of sp³-hybridized carbons (Fsp3) is 0.545. The number of aromatic nitrogens is 2. The first-order valence-corrected chi connectivity index (χ1v) is 7.59. The lowest BCUT2D eigenvalue weighted by atomic mass is 10.3. The van der Waals surface area contributed by atoms with Gasteiger partial charge in [0.15, 0.2) is 12.7 Å². The van der Waals surface area contributed by atoms with Gasteiger partial charge in [-0.25, -0.2) is 4.18 Å². The molecule has 1 amide bonds. The molecule has 0 atom stereocenters. The van der Waals surface area contributed by atoms with E-state index < -0.39 is 10.4 Å². The van der Waals surface area contributed by atoms with E-state index >= 15 is 0 Å². The molecule has 2 rings (SSSR count). The van der Waals surface area contributed by atoms with E-state index in [0.717, 1.165) is 12.8 Å². The summed E-state index contributed by atoms with van der Waals surface area (Å²) in [4.78, 5) is 11.7. The summed E-state index contributed by atoms with van der Waals surface area (Å²) < 4.78 is 34.8. The Morgan fingerprint density at radius 3 is 2.85 bits per heavy atom. The van der Waals surface area contributed by atoms with Crippen LogP contribution in [-0.2, 0) is 21.1 Å². The summed E-state index contributed by atoms with van der Waals surface area (Å²) in [6.07, 6.45) is 5.52. The van der Waals surface area contributed by atoms with E-state index in [1.165, 1.54) is 6.20 Å². The molecule has 110 valence electrons. The zero-order valence-electron chi connectivity index (χ0n) is 10.7. The third kappa shape index (κ3) is 5.19. The van der Waals surface area contributed by atoms with Crippen LogP contribution in [0, 0.1) is 0 Å². The highest BCUT2D eigenvalue weighted by molar-refractivity contribution is 7.80. The van der Waals surface area contributed by atoms with Crippen molar-refractivity contribution in [1.29, 1.82) is 0 Å². The Hall–Kier alpha value is -1.58. The largest absolute Gasteiger partial charge is 0.397 e. The number of aryl methyl sites for hydroxylation is 1. The second-order valence-corrected chi connectivity index (χ2v) is 5.62. The Kier molecular flexibility index (Phi) is 4.63. The van der Waals surface area contributed by atoms with Crippen molar-refractivity contribution >= 4 is 16.3 Å². The average Bonchev–Trinajstić information content (AvgIpc) is 3.18. The minimum absolute atomic E-state index is 0.128. The predicted octanol–water partition coefficient (Wildman–Crippen LogP) is -0.529. The predicted molar refractivity (Wildman–Crippen MR) is 67.0 cm³/mol. The van der Waals surface area contributed by atoms with Gasteiger partial charge in [0, 0.05) is 18.5 Å². The summed E-state index contributed by atoms with van der Waals surface area (Å²) in [6, 6.07) is 1.95. The van der Waals surface area contributed by atoms with Crippen LogP contribution in [0.15, 0.2) is 18.5 Å². The van der Waals surface area contributed by atoms with Crippen LogP contribution in [0.4, 0.5) is 0 Å². The molecule has 1 aliphatic carbocycles. The maximum Gasteiger partial charge on any atom is 0.397 e. The monoisotopic (exact) mass is 302 g/mol. The molecule has 0 saturated heterocycles. The first kappa shape index (κ1) is 14.8. The number of rotatable bonds is 7. The van der Waals surface area contributed by atoms with Crippen LogP contribution in [0.5, 0.6) is 0 Å². The van der Waals surface area contributed by atoms with Crippen molar-refractivity contribution in [3.63, 3.8) is 0 Å². The van der Waals surface area contributed by atoms with Crippen LogP contribution in [-0.4, -0.2) is 36.6 Å². The number of amides is 1. The van der Waals surface area contributed by atoms with Crippen LogP contribution in [0.2, 0.25) is 0 Å². The summed E-state index contributed by atoms with van der Waals surface area (Å²) in [6.45, 7) is 0.289. The summed E-state index contributed by atoms with van der Waals surface area (Å²) in [5.41, 5.74) is 0.488. The molecule has 0 spiro atoms. The summed E-state index contributed by atoms with van der Waals surface area (Å²) >= 11 is 0. The molecule has 1 aromatic heterocycles. The molecule has 0 aromatic carbocycles. The van der Waals surface area contributed by atoms with Gasteiger partial charge in [0.25, 0.3) is 5.91 Å². The lowest BCUT2D eigenvalue weighted by Crippen LogP contribution is -2.39. The van der Waals surface area contributed by atoms with E-state index in [2.05, 4.69) is 14.6 Å². The van der Waals surface area contributed by atoms with E-state index in [-0.39, 0.29) is 12.5 Å². The molecule has 1 fully saturated rings. The molecule has 0 bridgehead atoms. The van der Waals surface area contributed by atoms with Gasteiger partial charge in [0.05, 0.1) is 12.2 Å². The molecule has 2 N–H and O–H groups in total. The van der Waals surface area contributed by atoms with Crippen molar-refractivity contribution in [1.82, 2.24) is 10.4 Å². The molecule has 1 heterocycles. The molecule has 0 radical (unpaired) electrons. The lowest BCUT2D eigenvalue weighted by Gasteiger charge is -2.01. The third-order valence-electron chi connectivity index (χ3n) is 2.71. The van der Waals surface area contributed by atoms with Crippen LogP contribution >= 0.6 is 0 Å². The first-order chi connectivity index (χ1) is 9.44. The zero-order chi connectivity index (χ0) is 14.6. The maximum absolute atomic E-state index is 11.7. The standard InChI is InChI=1S/C11H15N3O5S/c15-11(13-10-2-3-10)9-4-6-14(12-8-9)5-1-7-19-20(16,17)18/h4,6,8,10H,1-3,5,7H2,(H-,13,15,16,17,18)/p+1. The number of nitrogens with one attached hydrogen (secondary N) is 1. The van der Waals surface area contributed by atoms with Gasteiger partial charge in [-0.15, -0.1) is 0 Å². The van der Waals surface area contributed by atoms with E-state index in [9.17, 15) is 13.2 Å². The highest BCUT2D eigenvalue weighted by Crippen LogP contribution is 2.18. The molecule has 1 saturated carbocycles. The van der Waals surface area contributed by atoms with Crippen LogP contribution < -0.4 is 10.00 Å². The van der Waals surface area contributed by atoms with Crippen molar-refractivity contribution in [3.05, 3.63) is 24.0 Å². The van der Waals surface area contributed by atoms with Crippen LogP contribution in [0.3, 0.4) is 0 Å². The molecule has 20 heavy (non-hydrogen) atoms. The van der Waals surface area contributed by atoms with Gasteiger partial charge in [0.2, 0.25) is 0 Å². The molecule has 1 aromatic rings. The van der Waals surface area contributed by atoms with E-state index in [4.69, 9.17) is 4.55 Å². The van der Waals surface area contributed by atoms with Gasteiger partial charge in [-0.1, -0.05) is 4.68 Å². The minimum Gasteiger partial charge on any atom is -0.349 e. The average molecular weight is 302 g/mol. The number of carbonyl (C=O) groups excluding carboxylic acids is 1. The van der Waals surface area contributed by atoms with Gasteiger partial charge in [0.1, 0.15) is 6.20 Å². The molecule has 0 unspecified atom stereocenters. The minimum atomic E-state index is -4.38. The van der Waals surface area contributed by atoms with E-state index in [1.807, 2.05) is 0 Å². The smallest absolute Gasteiger partial charge is 0.349 e.